The summed E-state index contributed by atoms with van der Waals surface area (Å²) in [6.45, 7) is 22.5. The highest BCUT2D eigenvalue weighted by Crippen LogP contribution is 2.24. The molecule has 0 spiro atoms. The first kappa shape index (κ1) is 68.1. The van der Waals surface area contributed by atoms with Crippen LogP contribution in [0.3, 0.4) is 0 Å². The van der Waals surface area contributed by atoms with Gasteiger partial charge in [0.2, 0.25) is 0 Å². The zero-order chi connectivity index (χ0) is 51.4. The van der Waals surface area contributed by atoms with Crippen molar-refractivity contribution >= 4 is 18.1 Å². The van der Waals surface area contributed by atoms with Gasteiger partial charge in [-0.15, -0.1) is 0 Å². The van der Waals surface area contributed by atoms with Crippen LogP contribution in [0.4, 0.5) is 4.79 Å². The van der Waals surface area contributed by atoms with Crippen LogP contribution in [0.2, 0.25) is 0 Å². The van der Waals surface area contributed by atoms with Crippen molar-refractivity contribution in [2.24, 2.45) is 11.8 Å². The maximum absolute atomic E-state index is 13.3. The first-order valence-electron chi connectivity index (χ1n) is 30.9. The quantitative estimate of drug-likeness (QED) is 0.0335. The van der Waals surface area contributed by atoms with Crippen molar-refractivity contribution in [2.75, 3.05) is 59.1 Å². The molecule has 0 bridgehead atoms. The van der Waals surface area contributed by atoms with Crippen LogP contribution in [0.25, 0.3) is 0 Å². The summed E-state index contributed by atoms with van der Waals surface area (Å²) in [5, 5.41) is 0. The Morgan fingerprint density at radius 3 is 0.957 bits per heavy atom. The van der Waals surface area contributed by atoms with Crippen LogP contribution in [0.5, 0.6) is 0 Å². The van der Waals surface area contributed by atoms with E-state index in [1.165, 1.54) is 135 Å². The number of nitrogens with zero attached hydrogens (tertiary/aromatic N) is 2. The first-order valence-corrected chi connectivity index (χ1v) is 30.9. The zero-order valence-corrected chi connectivity index (χ0v) is 47.9. The third-order valence-electron chi connectivity index (χ3n) is 14.8. The summed E-state index contributed by atoms with van der Waals surface area (Å²) >= 11 is 0. The lowest BCUT2D eigenvalue weighted by Gasteiger charge is -2.25. The normalized spacial score (nSPS) is 12.5. The number of rotatable bonds is 55. The van der Waals surface area contributed by atoms with Crippen molar-refractivity contribution in [1.82, 2.24) is 9.80 Å². The van der Waals surface area contributed by atoms with E-state index in [0.717, 1.165) is 148 Å². The van der Waals surface area contributed by atoms with E-state index in [9.17, 15) is 14.4 Å². The predicted octanol–water partition coefficient (Wildman–Crippen LogP) is 17.8. The van der Waals surface area contributed by atoms with Gasteiger partial charge in [0.1, 0.15) is 12.7 Å². The number of carbonyl (C=O) groups is 3. The molecule has 0 aromatic heterocycles. The number of esters is 2. The van der Waals surface area contributed by atoms with E-state index in [1.807, 2.05) is 0 Å². The van der Waals surface area contributed by atoms with Crippen molar-refractivity contribution in [1.29, 1.82) is 0 Å². The van der Waals surface area contributed by atoms with E-state index in [2.05, 4.69) is 58.3 Å². The van der Waals surface area contributed by atoms with Crippen molar-refractivity contribution in [2.45, 2.75) is 305 Å². The summed E-state index contributed by atoms with van der Waals surface area (Å²) in [4.78, 5) is 44.3. The molecular weight excluding hydrogens is 873 g/mol. The van der Waals surface area contributed by atoms with Gasteiger partial charge in [-0.1, -0.05) is 235 Å². The van der Waals surface area contributed by atoms with E-state index < -0.39 is 6.16 Å². The standard InChI is InChI=1S/C61H120N2O7/c1-8-15-19-23-27-31-39-47-57(46-38-30-26-22-18-11-4)60(65)68-54-43-35-33-41-49-58(70-61(66)69-55-52-63(14-7)51-50-62(12-5)13-6)48-40-32-34-42-53-67-59(64)56(44-36-28-24-20-16-9-2)45-37-29-25-21-17-10-3/h56-58H,8-55H2,1-7H3. The number of ether oxygens (including phenoxy) is 4. The van der Waals surface area contributed by atoms with Crippen LogP contribution < -0.4 is 0 Å². The van der Waals surface area contributed by atoms with Gasteiger partial charge in [-0.3, -0.25) is 14.5 Å². The Balaban J connectivity index is 5.06. The number of hydrogen-bond donors (Lipinski definition) is 0. The molecule has 9 heteroatoms. The lowest BCUT2D eigenvalue weighted by atomic mass is 9.94. The second-order valence-corrected chi connectivity index (χ2v) is 21.0. The number of carbonyl (C=O) groups excluding carboxylic acids is 3. The fourth-order valence-corrected chi connectivity index (χ4v) is 9.80. The molecule has 0 saturated carbocycles. The van der Waals surface area contributed by atoms with E-state index in [-0.39, 0.29) is 29.9 Å². The van der Waals surface area contributed by atoms with Gasteiger partial charge >= 0.3 is 18.1 Å². The Hall–Kier alpha value is -1.87. The molecule has 2 unspecified atom stereocenters. The Morgan fingerprint density at radius 2 is 0.614 bits per heavy atom. The molecule has 0 rings (SSSR count). The molecule has 416 valence electrons. The summed E-state index contributed by atoms with van der Waals surface area (Å²) in [6, 6.07) is 0. The maximum Gasteiger partial charge on any atom is 0.508 e. The topological polar surface area (TPSA) is 94.6 Å². The summed E-state index contributed by atoms with van der Waals surface area (Å²) in [6.07, 6.45) is 43.6. The van der Waals surface area contributed by atoms with Gasteiger partial charge in [-0.2, -0.15) is 0 Å². The lowest BCUT2D eigenvalue weighted by Crippen LogP contribution is -2.37. The molecule has 0 N–H and O–H groups in total. The monoisotopic (exact) mass is 993 g/mol. The second-order valence-electron chi connectivity index (χ2n) is 21.0. The van der Waals surface area contributed by atoms with E-state index in [1.54, 1.807) is 0 Å². The van der Waals surface area contributed by atoms with Gasteiger partial charge in [0.05, 0.1) is 25.0 Å². The number of likely N-dealkylation sites (N-methyl/N-ethyl adjacent to an activating group) is 2. The van der Waals surface area contributed by atoms with Crippen LogP contribution >= 0.6 is 0 Å². The van der Waals surface area contributed by atoms with Gasteiger partial charge < -0.3 is 23.8 Å². The molecule has 0 saturated heterocycles. The van der Waals surface area contributed by atoms with Crippen molar-refractivity contribution < 1.29 is 33.3 Å². The van der Waals surface area contributed by atoms with Gasteiger partial charge in [0.25, 0.3) is 0 Å². The SMILES string of the molecule is CCCCCCCCCC(CCCCCCCC)C(=O)OCCCCCCC(CCCCCCOC(=O)C(CCCCCCCC)CCCCCCCC)OC(=O)OCCN(CC)CCN(CC)CC. The molecule has 70 heavy (non-hydrogen) atoms. The summed E-state index contributed by atoms with van der Waals surface area (Å²) in [5.41, 5.74) is 0. The molecule has 0 amide bonds. The molecule has 0 fully saturated rings. The highest BCUT2D eigenvalue weighted by Gasteiger charge is 2.21. The van der Waals surface area contributed by atoms with Crippen molar-refractivity contribution in [3.05, 3.63) is 0 Å². The number of unbranched alkanes of at least 4 members (excludes halogenated alkanes) is 27. The Bertz CT molecular complexity index is 1100. The molecule has 0 aliphatic rings. The van der Waals surface area contributed by atoms with Crippen LogP contribution in [-0.4, -0.2) is 93.1 Å². The summed E-state index contributed by atoms with van der Waals surface area (Å²) < 4.78 is 23.4. The minimum absolute atomic E-state index is 0.0182. The largest absolute Gasteiger partial charge is 0.508 e. The fraction of sp³-hybridized carbons (Fsp3) is 0.951. The van der Waals surface area contributed by atoms with Crippen LogP contribution in [0.15, 0.2) is 0 Å². The molecule has 9 nitrogen and oxygen atoms in total. The minimum atomic E-state index is -0.563. The second kappa shape index (κ2) is 53.4. The van der Waals surface area contributed by atoms with Crippen molar-refractivity contribution in [3.63, 3.8) is 0 Å². The molecule has 0 aliphatic carbocycles. The molecule has 0 heterocycles. The average molecular weight is 994 g/mol. The number of hydrogen-bond acceptors (Lipinski definition) is 9. The highest BCUT2D eigenvalue weighted by atomic mass is 16.7. The Kier molecular flexibility index (Phi) is 52.0. The third-order valence-corrected chi connectivity index (χ3v) is 14.8. The molecule has 0 aromatic carbocycles. The zero-order valence-electron chi connectivity index (χ0n) is 47.9. The van der Waals surface area contributed by atoms with Crippen LogP contribution in [0.1, 0.15) is 299 Å². The minimum Gasteiger partial charge on any atom is -0.465 e. The molecular formula is C61H120N2O7. The van der Waals surface area contributed by atoms with E-state index in [4.69, 9.17) is 18.9 Å². The average Bonchev–Trinajstić information content (AvgIpc) is 3.36. The Labute approximate surface area is 435 Å². The molecule has 0 aliphatic heterocycles. The lowest BCUT2D eigenvalue weighted by molar-refractivity contribution is -0.150. The maximum atomic E-state index is 13.3. The van der Waals surface area contributed by atoms with Gasteiger partial charge in [0, 0.05) is 19.6 Å². The molecule has 2 atom stereocenters. The Morgan fingerprint density at radius 1 is 0.314 bits per heavy atom. The molecule has 0 radical (unpaired) electrons. The van der Waals surface area contributed by atoms with Gasteiger partial charge in [-0.25, -0.2) is 4.79 Å². The smallest absolute Gasteiger partial charge is 0.465 e. The van der Waals surface area contributed by atoms with Gasteiger partial charge in [-0.05, 0) is 83.8 Å². The van der Waals surface area contributed by atoms with Crippen LogP contribution in [-0.2, 0) is 28.5 Å². The van der Waals surface area contributed by atoms with E-state index in [0.29, 0.717) is 26.4 Å². The fourth-order valence-electron chi connectivity index (χ4n) is 9.80. The van der Waals surface area contributed by atoms with Gasteiger partial charge in [0.15, 0.2) is 0 Å². The highest BCUT2D eigenvalue weighted by molar-refractivity contribution is 5.72. The van der Waals surface area contributed by atoms with E-state index >= 15 is 0 Å². The third kappa shape index (κ3) is 43.7. The van der Waals surface area contributed by atoms with Crippen LogP contribution in [0, 0.1) is 11.8 Å². The summed E-state index contributed by atoms with van der Waals surface area (Å²) in [7, 11) is 0. The predicted molar refractivity (Wildman–Crippen MR) is 298 cm³/mol. The summed E-state index contributed by atoms with van der Waals surface area (Å²) in [5.74, 6) is 0.120. The molecule has 0 aromatic rings. The first-order chi connectivity index (χ1) is 34.3. The van der Waals surface area contributed by atoms with Crippen molar-refractivity contribution in [3.8, 4) is 0 Å².